The Morgan fingerprint density at radius 3 is 2.25 bits per heavy atom. The van der Waals surface area contributed by atoms with Crippen molar-refractivity contribution in [2.75, 3.05) is 39.3 Å². The van der Waals surface area contributed by atoms with Crippen molar-refractivity contribution >= 4 is 27.7 Å². The van der Waals surface area contributed by atoms with Crippen LogP contribution in [0, 0.1) is 0 Å². The molecule has 2 fully saturated rings. The van der Waals surface area contributed by atoms with Crippen LogP contribution in [0.4, 0.5) is 0 Å². The van der Waals surface area contributed by atoms with E-state index in [0.717, 1.165) is 69.4 Å². The molecule has 2 N–H and O–H groups in total. The minimum absolute atomic E-state index is 0.172. The van der Waals surface area contributed by atoms with Crippen LogP contribution in [0.2, 0.25) is 0 Å². The Labute approximate surface area is 176 Å². The molecule has 2 aliphatic rings. The zero-order chi connectivity index (χ0) is 19.8. The molecule has 0 radical (unpaired) electrons. The Hall–Kier alpha value is -1.44. The third-order valence-electron chi connectivity index (χ3n) is 5.64. The third-order valence-corrected chi connectivity index (χ3v) is 6.17. The van der Waals surface area contributed by atoms with Gasteiger partial charge in [0, 0.05) is 56.3 Å². The molecule has 1 aliphatic heterocycles. The summed E-state index contributed by atoms with van der Waals surface area (Å²) in [5, 5.41) is 5.63. The van der Waals surface area contributed by atoms with Crippen molar-refractivity contribution in [2.24, 2.45) is 0 Å². The van der Waals surface area contributed by atoms with Gasteiger partial charge >= 0.3 is 11.8 Å². The van der Waals surface area contributed by atoms with Crippen LogP contribution in [0.1, 0.15) is 37.7 Å². The Bertz CT molecular complexity index is 638. The number of rotatable bonds is 6. The SMILES string of the molecule is O=C(NCCN1CCN(Cc2ccc(Br)cc2)CC1)C(=O)NC1CCCCC1. The fourth-order valence-electron chi connectivity index (χ4n) is 3.92. The van der Waals surface area contributed by atoms with E-state index >= 15 is 0 Å². The maximum Gasteiger partial charge on any atom is 0.309 e. The van der Waals surface area contributed by atoms with Gasteiger partial charge in [-0.3, -0.25) is 19.4 Å². The molecule has 0 atom stereocenters. The lowest BCUT2D eigenvalue weighted by atomic mass is 9.95. The fraction of sp³-hybridized carbons (Fsp3) is 0.619. The molecule has 1 heterocycles. The van der Waals surface area contributed by atoms with Gasteiger partial charge in [-0.2, -0.15) is 0 Å². The summed E-state index contributed by atoms with van der Waals surface area (Å²) in [4.78, 5) is 28.8. The summed E-state index contributed by atoms with van der Waals surface area (Å²) in [6.07, 6.45) is 5.49. The van der Waals surface area contributed by atoms with Crippen molar-refractivity contribution in [3.05, 3.63) is 34.3 Å². The van der Waals surface area contributed by atoms with Gasteiger partial charge in [0.2, 0.25) is 0 Å². The number of benzene rings is 1. The molecule has 1 saturated heterocycles. The zero-order valence-corrected chi connectivity index (χ0v) is 18.0. The number of nitrogens with one attached hydrogen (secondary N) is 2. The van der Waals surface area contributed by atoms with Crippen LogP contribution < -0.4 is 10.6 Å². The van der Waals surface area contributed by atoms with Gasteiger partial charge in [0.25, 0.3) is 0 Å². The molecular weight excluding hydrogens is 420 g/mol. The Morgan fingerprint density at radius 1 is 0.929 bits per heavy atom. The van der Waals surface area contributed by atoms with Gasteiger partial charge in [0.1, 0.15) is 0 Å². The van der Waals surface area contributed by atoms with Crippen LogP contribution in [0.5, 0.6) is 0 Å². The highest BCUT2D eigenvalue weighted by molar-refractivity contribution is 9.10. The summed E-state index contributed by atoms with van der Waals surface area (Å²) in [6.45, 7) is 6.29. The number of carbonyl (C=O) groups is 2. The van der Waals surface area contributed by atoms with E-state index in [1.54, 1.807) is 0 Å². The van der Waals surface area contributed by atoms with Crippen molar-refractivity contribution in [3.8, 4) is 0 Å². The second-order valence-electron chi connectivity index (χ2n) is 7.81. The maximum atomic E-state index is 12.0. The quantitative estimate of drug-likeness (QED) is 0.651. The molecule has 6 nitrogen and oxygen atoms in total. The first-order valence-corrected chi connectivity index (χ1v) is 11.2. The molecule has 1 aromatic carbocycles. The van der Waals surface area contributed by atoms with Gasteiger partial charge in [-0.25, -0.2) is 0 Å². The van der Waals surface area contributed by atoms with E-state index in [-0.39, 0.29) is 6.04 Å². The minimum atomic E-state index is -0.501. The Kier molecular flexibility index (Phi) is 8.30. The van der Waals surface area contributed by atoms with Crippen molar-refractivity contribution < 1.29 is 9.59 Å². The molecule has 154 valence electrons. The fourth-order valence-corrected chi connectivity index (χ4v) is 4.19. The second-order valence-corrected chi connectivity index (χ2v) is 8.72. The molecule has 0 bridgehead atoms. The van der Waals surface area contributed by atoms with Gasteiger partial charge < -0.3 is 10.6 Å². The number of amides is 2. The van der Waals surface area contributed by atoms with Crippen molar-refractivity contribution in [1.29, 1.82) is 0 Å². The normalized spacial score (nSPS) is 19.3. The van der Waals surface area contributed by atoms with Gasteiger partial charge in [-0.1, -0.05) is 47.3 Å². The molecular formula is C21H31BrN4O2. The van der Waals surface area contributed by atoms with Gasteiger partial charge in [0.05, 0.1) is 0 Å². The van der Waals surface area contributed by atoms with Crippen LogP contribution >= 0.6 is 15.9 Å². The smallest absolute Gasteiger partial charge is 0.309 e. The molecule has 2 amide bonds. The lowest BCUT2D eigenvalue weighted by molar-refractivity contribution is -0.139. The maximum absolute atomic E-state index is 12.0. The third kappa shape index (κ3) is 6.87. The van der Waals surface area contributed by atoms with Gasteiger partial charge in [-0.15, -0.1) is 0 Å². The van der Waals surface area contributed by atoms with E-state index in [2.05, 4.69) is 60.6 Å². The van der Waals surface area contributed by atoms with E-state index in [0.29, 0.717) is 6.54 Å². The highest BCUT2D eigenvalue weighted by atomic mass is 79.9. The van der Waals surface area contributed by atoms with Crippen molar-refractivity contribution in [1.82, 2.24) is 20.4 Å². The van der Waals surface area contributed by atoms with Gasteiger partial charge in [-0.05, 0) is 30.5 Å². The second kappa shape index (κ2) is 10.9. The van der Waals surface area contributed by atoms with Crippen LogP contribution in [0.15, 0.2) is 28.7 Å². The number of halogens is 1. The average molecular weight is 451 g/mol. The average Bonchev–Trinajstić information content (AvgIpc) is 2.71. The van der Waals surface area contributed by atoms with Crippen LogP contribution in [-0.2, 0) is 16.1 Å². The molecule has 1 aromatic rings. The van der Waals surface area contributed by atoms with E-state index < -0.39 is 11.8 Å². The molecule has 7 heteroatoms. The van der Waals surface area contributed by atoms with E-state index in [9.17, 15) is 9.59 Å². The first kappa shape index (κ1) is 21.3. The Balaban J connectivity index is 1.29. The lowest BCUT2D eigenvalue weighted by Gasteiger charge is -2.34. The summed E-state index contributed by atoms with van der Waals surface area (Å²) in [7, 11) is 0. The summed E-state index contributed by atoms with van der Waals surface area (Å²) in [6, 6.07) is 8.65. The first-order valence-electron chi connectivity index (χ1n) is 10.4. The van der Waals surface area contributed by atoms with E-state index in [1.165, 1.54) is 12.0 Å². The lowest BCUT2D eigenvalue weighted by Crippen LogP contribution is -2.50. The topological polar surface area (TPSA) is 64.7 Å². The van der Waals surface area contributed by atoms with Crippen molar-refractivity contribution in [3.63, 3.8) is 0 Å². The highest BCUT2D eigenvalue weighted by Gasteiger charge is 2.21. The Morgan fingerprint density at radius 2 is 1.57 bits per heavy atom. The van der Waals surface area contributed by atoms with Crippen LogP contribution in [0.3, 0.4) is 0 Å². The molecule has 0 spiro atoms. The number of nitrogens with zero attached hydrogens (tertiary/aromatic N) is 2. The van der Waals surface area contributed by atoms with Gasteiger partial charge in [0.15, 0.2) is 0 Å². The first-order chi connectivity index (χ1) is 13.6. The number of carbonyl (C=O) groups excluding carboxylic acids is 2. The number of hydrogen-bond donors (Lipinski definition) is 2. The van der Waals surface area contributed by atoms with Crippen LogP contribution in [0.25, 0.3) is 0 Å². The molecule has 1 saturated carbocycles. The molecule has 3 rings (SSSR count). The van der Waals surface area contributed by atoms with E-state index in [1.807, 2.05) is 0 Å². The standard InChI is InChI=1S/C21H31BrN4O2/c22-18-8-6-17(7-9-18)16-26-14-12-25(13-15-26)11-10-23-20(27)21(28)24-19-4-2-1-3-5-19/h6-9,19H,1-5,10-16H2,(H,23,27)(H,24,28). The summed E-state index contributed by atoms with van der Waals surface area (Å²) in [5.41, 5.74) is 1.33. The zero-order valence-electron chi connectivity index (χ0n) is 16.5. The summed E-state index contributed by atoms with van der Waals surface area (Å²) < 4.78 is 1.11. The monoisotopic (exact) mass is 450 g/mol. The largest absolute Gasteiger partial charge is 0.347 e. The van der Waals surface area contributed by atoms with Crippen molar-refractivity contribution in [2.45, 2.75) is 44.7 Å². The highest BCUT2D eigenvalue weighted by Crippen LogP contribution is 2.17. The summed E-state index contributed by atoms with van der Waals surface area (Å²) >= 11 is 3.47. The number of hydrogen-bond acceptors (Lipinski definition) is 4. The van der Waals surface area contributed by atoms with Crippen LogP contribution in [-0.4, -0.2) is 66.9 Å². The van der Waals surface area contributed by atoms with E-state index in [4.69, 9.17) is 0 Å². The minimum Gasteiger partial charge on any atom is -0.347 e. The summed E-state index contributed by atoms with van der Waals surface area (Å²) in [5.74, 6) is -0.981. The molecule has 1 aliphatic carbocycles. The number of piperazine rings is 1. The molecule has 0 unspecified atom stereocenters. The predicted molar refractivity (Wildman–Crippen MR) is 114 cm³/mol. The molecule has 0 aromatic heterocycles. The predicted octanol–water partition coefficient (Wildman–Crippen LogP) is 2.13. The molecule has 28 heavy (non-hydrogen) atoms.